The van der Waals surface area contributed by atoms with Crippen LogP contribution in [0.3, 0.4) is 0 Å². The zero-order chi connectivity index (χ0) is 17.5. The Hall–Kier alpha value is -1.97. The molecule has 0 bridgehead atoms. The summed E-state index contributed by atoms with van der Waals surface area (Å²) in [6, 6.07) is 0. The summed E-state index contributed by atoms with van der Waals surface area (Å²) in [4.78, 5) is 13.5. The third kappa shape index (κ3) is 2.58. The normalized spacial score (nSPS) is 27.8. The van der Waals surface area contributed by atoms with E-state index < -0.39 is 0 Å². The highest BCUT2D eigenvalue weighted by Crippen LogP contribution is 2.42. The Morgan fingerprint density at radius 2 is 1.92 bits per heavy atom. The van der Waals surface area contributed by atoms with Crippen molar-refractivity contribution < 1.29 is 0 Å². The monoisotopic (exact) mass is 324 g/mol. The zero-order valence-corrected chi connectivity index (χ0v) is 15.3. The molecule has 128 valence electrons. The molecule has 1 fully saturated rings. The highest BCUT2D eigenvalue weighted by molar-refractivity contribution is 5.91. The van der Waals surface area contributed by atoms with E-state index in [2.05, 4.69) is 55.5 Å². The second-order valence-corrected chi connectivity index (χ2v) is 7.61. The van der Waals surface area contributed by atoms with Crippen molar-refractivity contribution in [1.29, 1.82) is 0 Å². The number of aromatic nitrogens is 3. The highest BCUT2D eigenvalue weighted by atomic mass is 15.2. The highest BCUT2D eigenvalue weighted by Gasteiger charge is 2.35. The first-order chi connectivity index (χ1) is 11.4. The van der Waals surface area contributed by atoms with Gasteiger partial charge in [0, 0.05) is 5.54 Å². The number of aryl methyl sites for hydroxylation is 1. The third-order valence-corrected chi connectivity index (χ3v) is 6.00. The van der Waals surface area contributed by atoms with Crippen molar-refractivity contribution in [3.63, 3.8) is 0 Å². The van der Waals surface area contributed by atoms with E-state index in [0.717, 1.165) is 52.9 Å². The second-order valence-electron chi connectivity index (χ2n) is 7.61. The number of fused-ring (bicyclic) bond motifs is 1. The molecule has 0 radical (unpaired) electrons. The smallest absolute Gasteiger partial charge is 0.114 e. The number of hydrogen-bond donors (Lipinski definition) is 0. The molecule has 4 nitrogen and oxygen atoms in total. The van der Waals surface area contributed by atoms with Crippen LogP contribution in [-0.4, -0.2) is 21.3 Å². The van der Waals surface area contributed by atoms with Gasteiger partial charge in [-0.2, -0.15) is 0 Å². The minimum Gasteiger partial charge on any atom is -0.320 e. The van der Waals surface area contributed by atoms with Crippen molar-refractivity contribution in [2.75, 3.05) is 0 Å². The fourth-order valence-corrected chi connectivity index (χ4v) is 4.14. The van der Waals surface area contributed by atoms with Crippen LogP contribution in [0, 0.1) is 18.8 Å². The number of nitrogens with zero attached hydrogens (tertiary/aromatic N) is 4. The molecule has 0 N–H and O–H groups in total. The summed E-state index contributed by atoms with van der Waals surface area (Å²) in [5.41, 5.74) is 3.58. The SMILES string of the molecule is C=Cc1ncc2nc(C)n(C3(C)CCC(C)C(C)CC3)c2c1N=C. The van der Waals surface area contributed by atoms with Gasteiger partial charge in [-0.15, -0.1) is 0 Å². The molecule has 2 aromatic heterocycles. The Balaban J connectivity index is 2.23. The molecule has 1 saturated carbocycles. The lowest BCUT2D eigenvalue weighted by Gasteiger charge is -2.32. The summed E-state index contributed by atoms with van der Waals surface area (Å²) in [6.07, 6.45) is 8.38. The number of rotatable bonds is 3. The first-order valence-corrected chi connectivity index (χ1v) is 8.89. The topological polar surface area (TPSA) is 43.1 Å². The van der Waals surface area contributed by atoms with Crippen molar-refractivity contribution in [3.8, 4) is 0 Å². The van der Waals surface area contributed by atoms with Crippen LogP contribution in [0.2, 0.25) is 0 Å². The van der Waals surface area contributed by atoms with Gasteiger partial charge in [0.1, 0.15) is 17.0 Å². The van der Waals surface area contributed by atoms with Crippen LogP contribution in [-0.2, 0) is 5.54 Å². The minimum absolute atomic E-state index is 0.0527. The van der Waals surface area contributed by atoms with E-state index in [4.69, 9.17) is 4.98 Å². The van der Waals surface area contributed by atoms with Gasteiger partial charge in [-0.05, 0) is 64.2 Å². The number of pyridine rings is 1. The fourth-order valence-electron chi connectivity index (χ4n) is 4.14. The third-order valence-electron chi connectivity index (χ3n) is 6.00. The molecule has 2 aromatic rings. The van der Waals surface area contributed by atoms with Crippen molar-refractivity contribution in [1.82, 2.24) is 14.5 Å². The second kappa shape index (κ2) is 6.15. The van der Waals surface area contributed by atoms with E-state index in [1.807, 2.05) is 6.20 Å². The van der Waals surface area contributed by atoms with E-state index in [-0.39, 0.29) is 5.54 Å². The molecule has 1 aliphatic carbocycles. The fraction of sp³-hybridized carbons (Fsp3) is 0.550. The molecule has 2 atom stereocenters. The first kappa shape index (κ1) is 16.9. The summed E-state index contributed by atoms with van der Waals surface area (Å²) in [6.45, 7) is 16.9. The standard InChI is InChI=1S/C20H28N4/c1-7-16-18(21-6)19-17(12-22-16)23-15(4)24(19)20(5)10-8-13(2)14(3)9-11-20/h7,12-14H,1,6,8-11H2,2-5H3. The van der Waals surface area contributed by atoms with Crippen LogP contribution >= 0.6 is 0 Å². The van der Waals surface area contributed by atoms with Gasteiger partial charge in [0.2, 0.25) is 0 Å². The molecule has 0 saturated heterocycles. The number of imidazole rings is 1. The Labute approximate surface area is 144 Å². The number of aliphatic imine (C=N–C) groups is 1. The van der Waals surface area contributed by atoms with Gasteiger partial charge in [0.25, 0.3) is 0 Å². The van der Waals surface area contributed by atoms with E-state index >= 15 is 0 Å². The molecule has 3 rings (SSSR count). The van der Waals surface area contributed by atoms with Crippen LogP contribution in [0.1, 0.15) is 58.0 Å². The molecule has 2 heterocycles. The maximum absolute atomic E-state index is 4.76. The van der Waals surface area contributed by atoms with Gasteiger partial charge >= 0.3 is 0 Å². The van der Waals surface area contributed by atoms with Crippen LogP contribution in [0.25, 0.3) is 17.1 Å². The molecule has 4 heteroatoms. The molecule has 0 spiro atoms. The molecular formula is C20H28N4. The molecule has 0 aromatic carbocycles. The largest absolute Gasteiger partial charge is 0.320 e. The Morgan fingerprint density at radius 3 is 2.46 bits per heavy atom. The predicted molar refractivity (Wildman–Crippen MR) is 102 cm³/mol. The Kier molecular flexibility index (Phi) is 4.33. The van der Waals surface area contributed by atoms with Crippen molar-refractivity contribution >= 4 is 29.5 Å². The van der Waals surface area contributed by atoms with Crippen LogP contribution in [0.5, 0.6) is 0 Å². The maximum Gasteiger partial charge on any atom is 0.114 e. The zero-order valence-electron chi connectivity index (χ0n) is 15.3. The summed E-state index contributed by atoms with van der Waals surface area (Å²) >= 11 is 0. The average Bonchev–Trinajstić information content (AvgIpc) is 2.86. The minimum atomic E-state index is 0.0527. The van der Waals surface area contributed by atoms with Crippen molar-refractivity contribution in [2.45, 2.75) is 58.9 Å². The lowest BCUT2D eigenvalue weighted by molar-refractivity contribution is 0.274. The van der Waals surface area contributed by atoms with E-state index in [0.29, 0.717) is 0 Å². The average molecular weight is 324 g/mol. The van der Waals surface area contributed by atoms with Crippen LogP contribution in [0.15, 0.2) is 17.8 Å². The van der Waals surface area contributed by atoms with Gasteiger partial charge in [-0.3, -0.25) is 9.98 Å². The van der Waals surface area contributed by atoms with Gasteiger partial charge in [-0.1, -0.05) is 20.4 Å². The van der Waals surface area contributed by atoms with Gasteiger partial charge < -0.3 is 4.57 Å². The molecule has 0 aliphatic heterocycles. The predicted octanol–water partition coefficient (Wildman–Crippen LogP) is 5.28. The Morgan fingerprint density at radius 1 is 1.29 bits per heavy atom. The summed E-state index contributed by atoms with van der Waals surface area (Å²) in [7, 11) is 0. The summed E-state index contributed by atoms with van der Waals surface area (Å²) < 4.78 is 2.39. The van der Waals surface area contributed by atoms with E-state index in [1.54, 1.807) is 6.08 Å². The lowest BCUT2D eigenvalue weighted by Crippen LogP contribution is -2.30. The maximum atomic E-state index is 4.76. The van der Waals surface area contributed by atoms with E-state index in [1.165, 1.54) is 12.8 Å². The van der Waals surface area contributed by atoms with Gasteiger partial charge in [0.05, 0.1) is 17.4 Å². The molecule has 24 heavy (non-hydrogen) atoms. The summed E-state index contributed by atoms with van der Waals surface area (Å²) in [5, 5.41) is 0. The van der Waals surface area contributed by atoms with Crippen molar-refractivity contribution in [3.05, 3.63) is 24.3 Å². The Bertz CT molecular complexity index is 775. The van der Waals surface area contributed by atoms with Crippen LogP contribution < -0.4 is 0 Å². The lowest BCUT2D eigenvalue weighted by atomic mass is 9.91. The molecular weight excluding hydrogens is 296 g/mol. The molecule has 0 amide bonds. The number of hydrogen-bond acceptors (Lipinski definition) is 3. The van der Waals surface area contributed by atoms with E-state index in [9.17, 15) is 0 Å². The van der Waals surface area contributed by atoms with Gasteiger partial charge in [0.15, 0.2) is 0 Å². The molecule has 1 aliphatic rings. The first-order valence-electron chi connectivity index (χ1n) is 8.89. The summed E-state index contributed by atoms with van der Waals surface area (Å²) in [5.74, 6) is 2.57. The van der Waals surface area contributed by atoms with Crippen LogP contribution in [0.4, 0.5) is 5.69 Å². The molecule has 2 unspecified atom stereocenters. The van der Waals surface area contributed by atoms with Gasteiger partial charge in [-0.25, -0.2) is 4.98 Å². The quantitative estimate of drug-likeness (QED) is 0.569. The van der Waals surface area contributed by atoms with Crippen molar-refractivity contribution in [2.24, 2.45) is 16.8 Å².